The van der Waals surface area contributed by atoms with Crippen molar-refractivity contribution in [2.24, 2.45) is 0 Å². The lowest BCUT2D eigenvalue weighted by atomic mass is 10.1. The second-order valence-corrected chi connectivity index (χ2v) is 11.4. The minimum atomic E-state index is -3.78. The highest BCUT2D eigenvalue weighted by Gasteiger charge is 2.30. The van der Waals surface area contributed by atoms with Crippen LogP contribution in [0, 0.1) is 3.57 Å². The maximum absolute atomic E-state index is 13.4. The van der Waals surface area contributed by atoms with Crippen LogP contribution in [0.5, 0.6) is 0 Å². The molecule has 0 radical (unpaired) electrons. The van der Waals surface area contributed by atoms with Crippen LogP contribution in [-0.4, -0.2) is 50.5 Å². The molecule has 0 aliphatic heterocycles. The molecule has 1 N–H and O–H groups in total. The third-order valence-electron chi connectivity index (χ3n) is 4.90. The molecule has 0 aliphatic rings. The van der Waals surface area contributed by atoms with Crippen molar-refractivity contribution in [2.45, 2.75) is 32.9 Å². The van der Waals surface area contributed by atoms with Gasteiger partial charge in [0.2, 0.25) is 21.8 Å². The third kappa shape index (κ3) is 7.73. The zero-order chi connectivity index (χ0) is 24.8. The number of hydrogen-bond acceptors (Lipinski definition) is 4. The van der Waals surface area contributed by atoms with Gasteiger partial charge in [0.15, 0.2) is 0 Å². The van der Waals surface area contributed by atoms with Gasteiger partial charge in [0.1, 0.15) is 12.6 Å². The third-order valence-corrected chi connectivity index (χ3v) is 7.47. The van der Waals surface area contributed by atoms with E-state index in [2.05, 4.69) is 27.9 Å². The van der Waals surface area contributed by atoms with Crippen LogP contribution in [-0.2, 0) is 26.2 Å². The lowest BCUT2D eigenvalue weighted by Crippen LogP contribution is -2.51. The molecule has 0 saturated heterocycles. The average Bonchev–Trinajstić information content (AvgIpc) is 2.75. The molecular weight excluding hydrogens is 600 g/mol. The Balaban J connectivity index is 2.42. The maximum Gasteiger partial charge on any atom is 0.244 e. The van der Waals surface area contributed by atoms with Crippen LogP contribution in [0.15, 0.2) is 42.5 Å². The van der Waals surface area contributed by atoms with Crippen LogP contribution in [0.25, 0.3) is 0 Å². The fraction of sp³-hybridized carbons (Fsp3) is 0.364. The summed E-state index contributed by atoms with van der Waals surface area (Å²) in [4.78, 5) is 27.4. The van der Waals surface area contributed by atoms with Gasteiger partial charge in [0, 0.05) is 32.3 Å². The summed E-state index contributed by atoms with van der Waals surface area (Å²) in [7, 11) is -3.78. The monoisotopic (exact) mass is 625 g/mol. The Morgan fingerprint density at radius 1 is 1.09 bits per heavy atom. The number of carbonyl (C=O) groups is 2. The van der Waals surface area contributed by atoms with Crippen molar-refractivity contribution in [2.75, 3.05) is 23.7 Å². The molecule has 0 aliphatic carbocycles. The summed E-state index contributed by atoms with van der Waals surface area (Å²) >= 11 is 14.7. The van der Waals surface area contributed by atoms with Crippen molar-refractivity contribution < 1.29 is 18.0 Å². The first kappa shape index (κ1) is 27.7. The molecule has 7 nitrogen and oxygen atoms in total. The summed E-state index contributed by atoms with van der Waals surface area (Å²) in [6.45, 7) is 3.43. The van der Waals surface area contributed by atoms with E-state index in [0.717, 1.165) is 20.6 Å². The molecule has 2 rings (SSSR count). The Kier molecular flexibility index (Phi) is 10.3. The molecule has 0 aromatic heterocycles. The van der Waals surface area contributed by atoms with E-state index in [9.17, 15) is 18.0 Å². The molecule has 33 heavy (non-hydrogen) atoms. The fourth-order valence-corrected chi connectivity index (χ4v) is 4.78. The van der Waals surface area contributed by atoms with Gasteiger partial charge in [0.25, 0.3) is 0 Å². The standard InChI is InChI=1S/C22H26Cl2IN3O4S/c1-4-12-26-22(30)15(2)27(13-18-19(23)6-5-7-20(18)24)21(29)14-28(33(3,31)32)17-10-8-16(25)9-11-17/h5-11,15H,4,12-14H2,1-3H3,(H,26,30)/t15-/m1/s1. The largest absolute Gasteiger partial charge is 0.354 e. The number of amides is 2. The van der Waals surface area contributed by atoms with E-state index in [1.165, 1.54) is 4.90 Å². The lowest BCUT2D eigenvalue weighted by Gasteiger charge is -2.32. The Labute approximate surface area is 218 Å². The Morgan fingerprint density at radius 3 is 2.18 bits per heavy atom. The topological polar surface area (TPSA) is 86.8 Å². The van der Waals surface area contributed by atoms with E-state index in [1.54, 1.807) is 49.4 Å². The highest BCUT2D eigenvalue weighted by atomic mass is 127. The average molecular weight is 626 g/mol. The van der Waals surface area contributed by atoms with Crippen LogP contribution in [0.3, 0.4) is 0 Å². The number of halogens is 3. The molecule has 0 spiro atoms. The zero-order valence-corrected chi connectivity index (χ0v) is 23.0. The van der Waals surface area contributed by atoms with Gasteiger partial charge < -0.3 is 10.2 Å². The number of nitrogens with zero attached hydrogens (tertiary/aromatic N) is 2. The first-order valence-corrected chi connectivity index (χ1v) is 13.9. The minimum Gasteiger partial charge on any atom is -0.354 e. The van der Waals surface area contributed by atoms with Crippen LogP contribution in [0.1, 0.15) is 25.8 Å². The number of nitrogens with one attached hydrogen (secondary N) is 1. The molecule has 0 heterocycles. The SMILES string of the molecule is CCCNC(=O)[C@@H](C)N(Cc1c(Cl)cccc1Cl)C(=O)CN(c1ccc(I)cc1)S(C)(=O)=O. The van der Waals surface area contributed by atoms with Crippen molar-refractivity contribution >= 4 is 73.3 Å². The Bertz CT molecular complexity index is 1080. The van der Waals surface area contributed by atoms with E-state index in [1.807, 2.05) is 6.92 Å². The van der Waals surface area contributed by atoms with Gasteiger partial charge >= 0.3 is 0 Å². The van der Waals surface area contributed by atoms with Crippen LogP contribution in [0.4, 0.5) is 5.69 Å². The Hall–Kier alpha value is -1.56. The molecule has 0 bridgehead atoms. The minimum absolute atomic E-state index is 0.0532. The number of hydrogen-bond donors (Lipinski definition) is 1. The highest BCUT2D eigenvalue weighted by Crippen LogP contribution is 2.27. The highest BCUT2D eigenvalue weighted by molar-refractivity contribution is 14.1. The molecule has 0 saturated carbocycles. The molecule has 0 fully saturated rings. The summed E-state index contributed by atoms with van der Waals surface area (Å²) in [6.07, 6.45) is 1.77. The van der Waals surface area contributed by atoms with Crippen molar-refractivity contribution in [1.82, 2.24) is 10.2 Å². The number of rotatable bonds is 10. The van der Waals surface area contributed by atoms with Gasteiger partial charge in [-0.25, -0.2) is 8.42 Å². The second-order valence-electron chi connectivity index (χ2n) is 7.43. The van der Waals surface area contributed by atoms with Gasteiger partial charge in [-0.1, -0.05) is 36.2 Å². The molecule has 180 valence electrons. The van der Waals surface area contributed by atoms with Gasteiger partial charge in [-0.15, -0.1) is 0 Å². The first-order chi connectivity index (χ1) is 15.5. The van der Waals surface area contributed by atoms with Crippen molar-refractivity contribution in [3.8, 4) is 0 Å². The first-order valence-electron chi connectivity index (χ1n) is 10.2. The van der Waals surface area contributed by atoms with Gasteiger partial charge in [-0.3, -0.25) is 13.9 Å². The number of sulfonamides is 1. The molecule has 2 aromatic rings. The normalized spacial score (nSPS) is 12.2. The van der Waals surface area contributed by atoms with E-state index >= 15 is 0 Å². The van der Waals surface area contributed by atoms with Crippen LogP contribution < -0.4 is 9.62 Å². The van der Waals surface area contributed by atoms with E-state index in [0.29, 0.717) is 27.8 Å². The lowest BCUT2D eigenvalue weighted by molar-refractivity contribution is -0.139. The molecule has 2 amide bonds. The van der Waals surface area contributed by atoms with E-state index in [4.69, 9.17) is 23.2 Å². The molecule has 11 heteroatoms. The maximum atomic E-state index is 13.4. The van der Waals surface area contributed by atoms with Crippen LogP contribution >= 0.6 is 45.8 Å². The van der Waals surface area contributed by atoms with Crippen molar-refractivity contribution in [3.05, 3.63) is 61.6 Å². The molecule has 0 unspecified atom stereocenters. The molecule has 2 aromatic carbocycles. The number of anilines is 1. The summed E-state index contributed by atoms with van der Waals surface area (Å²) in [5.41, 5.74) is 0.828. The quantitative estimate of drug-likeness (QED) is 0.399. The van der Waals surface area contributed by atoms with E-state index < -0.39 is 28.5 Å². The fourth-order valence-electron chi connectivity index (χ4n) is 3.05. The summed E-state index contributed by atoms with van der Waals surface area (Å²) < 4.78 is 27.0. The predicted octanol–water partition coefficient (Wildman–Crippen LogP) is 4.31. The zero-order valence-electron chi connectivity index (χ0n) is 18.5. The second kappa shape index (κ2) is 12.2. The molecular formula is C22H26Cl2IN3O4S. The van der Waals surface area contributed by atoms with Gasteiger partial charge in [-0.2, -0.15) is 0 Å². The summed E-state index contributed by atoms with van der Waals surface area (Å²) in [6, 6.07) is 10.8. The Morgan fingerprint density at radius 2 is 1.67 bits per heavy atom. The van der Waals surface area contributed by atoms with E-state index in [-0.39, 0.29) is 12.5 Å². The van der Waals surface area contributed by atoms with Crippen molar-refractivity contribution in [3.63, 3.8) is 0 Å². The number of benzene rings is 2. The summed E-state index contributed by atoms with van der Waals surface area (Å²) in [5.74, 6) is -0.914. The van der Waals surface area contributed by atoms with Gasteiger partial charge in [-0.05, 0) is 72.3 Å². The van der Waals surface area contributed by atoms with Gasteiger partial charge in [0.05, 0.1) is 11.9 Å². The predicted molar refractivity (Wildman–Crippen MR) is 141 cm³/mol. The van der Waals surface area contributed by atoms with Crippen molar-refractivity contribution in [1.29, 1.82) is 0 Å². The van der Waals surface area contributed by atoms with Crippen LogP contribution in [0.2, 0.25) is 10.0 Å². The number of carbonyl (C=O) groups excluding carboxylic acids is 2. The summed E-state index contributed by atoms with van der Waals surface area (Å²) in [5, 5.41) is 3.47. The molecule has 1 atom stereocenters. The smallest absolute Gasteiger partial charge is 0.244 e.